The fourth-order valence-electron chi connectivity index (χ4n) is 6.09. The average Bonchev–Trinajstić information content (AvgIpc) is 3.17. The molecule has 0 bridgehead atoms. The highest BCUT2D eigenvalue weighted by molar-refractivity contribution is 6.26. The molecule has 0 saturated heterocycles. The molecule has 2 heterocycles. The Morgan fingerprint density at radius 2 is 1.05 bits per heavy atom. The number of ketones is 2. The van der Waals surface area contributed by atoms with Crippen molar-refractivity contribution in [2.24, 2.45) is 11.8 Å². The van der Waals surface area contributed by atoms with E-state index in [4.69, 9.17) is 0 Å². The van der Waals surface area contributed by atoms with Gasteiger partial charge >= 0.3 is 0 Å². The van der Waals surface area contributed by atoms with Crippen molar-refractivity contribution in [1.29, 1.82) is 0 Å². The van der Waals surface area contributed by atoms with Crippen LogP contribution in [0.2, 0.25) is 0 Å². The van der Waals surface area contributed by atoms with E-state index in [1.807, 2.05) is 51.6 Å². The van der Waals surface area contributed by atoms with E-state index in [2.05, 4.69) is 0 Å². The molecule has 0 aromatic heterocycles. The third-order valence-electron chi connectivity index (χ3n) is 8.33. The van der Waals surface area contributed by atoms with Crippen LogP contribution in [0.25, 0.3) is 0 Å². The summed E-state index contributed by atoms with van der Waals surface area (Å²) in [5.41, 5.74) is 3.31. The first-order chi connectivity index (χ1) is 17.7. The van der Waals surface area contributed by atoms with Crippen molar-refractivity contribution < 1.29 is 19.4 Å². The van der Waals surface area contributed by atoms with E-state index in [1.165, 1.54) is 12.1 Å². The molecule has 0 spiro atoms. The summed E-state index contributed by atoms with van der Waals surface area (Å²) in [5.74, 6) is -2.24. The van der Waals surface area contributed by atoms with Gasteiger partial charge in [0.1, 0.15) is 0 Å². The zero-order chi connectivity index (χ0) is 27.9. The van der Waals surface area contributed by atoms with Gasteiger partial charge in [0.2, 0.25) is 0 Å². The fraction of sp³-hybridized carbons (Fsp3) is 0.357. The van der Waals surface area contributed by atoms with Crippen LogP contribution >= 0.6 is 0 Å². The summed E-state index contributed by atoms with van der Waals surface area (Å²) >= 11 is 0. The summed E-state index contributed by atoms with van der Waals surface area (Å²) in [6.45, 7) is 7.68. The minimum atomic E-state index is -0.906. The first-order valence-corrected chi connectivity index (χ1v) is 12.2. The molecular weight excluding hydrogens is 488 g/mol. The van der Waals surface area contributed by atoms with Gasteiger partial charge in [0.25, 0.3) is 11.4 Å². The monoisotopic (exact) mass is 516 g/mol. The van der Waals surface area contributed by atoms with E-state index in [0.29, 0.717) is 0 Å². The second-order valence-corrected chi connectivity index (χ2v) is 11.1. The molecule has 0 N–H and O–H groups in total. The highest BCUT2D eigenvalue weighted by atomic mass is 16.6. The predicted molar refractivity (Wildman–Crippen MR) is 142 cm³/mol. The molecule has 2 aromatic carbocycles. The number of allylic oxidation sites excluding steroid dienone is 4. The van der Waals surface area contributed by atoms with Crippen LogP contribution in [-0.4, -0.2) is 35.5 Å². The Labute approximate surface area is 219 Å². The van der Waals surface area contributed by atoms with Crippen LogP contribution in [0.3, 0.4) is 0 Å². The van der Waals surface area contributed by atoms with E-state index < -0.39 is 32.5 Å². The van der Waals surface area contributed by atoms with Crippen molar-refractivity contribution in [1.82, 2.24) is 0 Å². The van der Waals surface area contributed by atoms with E-state index >= 15 is 0 Å². The standard InChI is InChI=1S/C28H28N4O6/c1-27(2)19-11-15(31(35)36)7-9-21(19)29(5)23(27)13-17-25(33)18(26(17)34)14-24-28(3,4)20-12-16(32(37)38)8-10-22(20)30(24)6/h7-14,17-18H,1-6H3/b23-13+,24-14+. The first-order valence-electron chi connectivity index (χ1n) is 12.2. The van der Waals surface area contributed by atoms with Crippen molar-refractivity contribution in [3.8, 4) is 0 Å². The number of carbonyl (C=O) groups excluding carboxylic acids is 2. The minimum absolute atomic E-state index is 0.0106. The maximum atomic E-state index is 13.3. The van der Waals surface area contributed by atoms with Gasteiger partial charge in [-0.2, -0.15) is 0 Å². The Morgan fingerprint density at radius 3 is 1.37 bits per heavy atom. The lowest BCUT2D eigenvalue weighted by atomic mass is 9.69. The van der Waals surface area contributed by atoms with Crippen molar-refractivity contribution in [3.63, 3.8) is 0 Å². The number of nitro groups is 2. The maximum Gasteiger partial charge on any atom is 0.269 e. The van der Waals surface area contributed by atoms with E-state index in [0.717, 1.165) is 33.9 Å². The Morgan fingerprint density at radius 1 is 0.711 bits per heavy atom. The number of hydrogen-bond acceptors (Lipinski definition) is 8. The van der Waals surface area contributed by atoms with Crippen LogP contribution in [0, 0.1) is 32.1 Å². The molecule has 0 radical (unpaired) electrons. The van der Waals surface area contributed by atoms with Crippen molar-refractivity contribution >= 4 is 34.3 Å². The highest BCUT2D eigenvalue weighted by Gasteiger charge is 2.50. The Kier molecular flexibility index (Phi) is 5.38. The predicted octanol–water partition coefficient (Wildman–Crippen LogP) is 4.81. The number of hydrogen-bond donors (Lipinski definition) is 0. The van der Waals surface area contributed by atoms with Gasteiger partial charge < -0.3 is 9.80 Å². The lowest BCUT2D eigenvalue weighted by Crippen LogP contribution is -2.48. The third kappa shape index (κ3) is 3.39. The van der Waals surface area contributed by atoms with Gasteiger partial charge in [-0.05, 0) is 35.4 Å². The molecule has 1 aliphatic carbocycles. The van der Waals surface area contributed by atoms with Crippen LogP contribution in [0.4, 0.5) is 22.7 Å². The summed E-state index contributed by atoms with van der Waals surface area (Å²) in [6, 6.07) is 9.36. The van der Waals surface area contributed by atoms with Gasteiger partial charge in [-0.15, -0.1) is 0 Å². The van der Waals surface area contributed by atoms with E-state index in [9.17, 15) is 29.8 Å². The molecule has 1 saturated carbocycles. The zero-order valence-corrected chi connectivity index (χ0v) is 22.0. The number of nitrogens with zero attached hydrogens (tertiary/aromatic N) is 4. The molecule has 0 unspecified atom stereocenters. The molecule has 0 amide bonds. The molecule has 10 nitrogen and oxygen atoms in total. The number of rotatable bonds is 4. The summed E-state index contributed by atoms with van der Waals surface area (Å²) < 4.78 is 0. The minimum Gasteiger partial charge on any atom is -0.347 e. The van der Waals surface area contributed by atoms with Crippen molar-refractivity contribution in [3.05, 3.63) is 91.3 Å². The molecule has 1 fully saturated rings. The van der Waals surface area contributed by atoms with Crippen LogP contribution in [-0.2, 0) is 20.4 Å². The van der Waals surface area contributed by atoms with Gasteiger partial charge in [-0.3, -0.25) is 29.8 Å². The number of nitro benzene ring substituents is 2. The number of likely N-dealkylation sites (N-methyl/N-ethyl adjacent to an activating group) is 2. The summed E-state index contributed by atoms with van der Waals surface area (Å²) in [5, 5.41) is 22.6. The molecule has 5 rings (SSSR count). The largest absolute Gasteiger partial charge is 0.347 e. The second-order valence-electron chi connectivity index (χ2n) is 11.1. The Bertz CT molecular complexity index is 1390. The van der Waals surface area contributed by atoms with Crippen LogP contribution in [0.1, 0.15) is 38.8 Å². The quantitative estimate of drug-likeness (QED) is 0.322. The van der Waals surface area contributed by atoms with Gasteiger partial charge in [0.15, 0.2) is 11.6 Å². The highest BCUT2D eigenvalue weighted by Crippen LogP contribution is 2.51. The lowest BCUT2D eigenvalue weighted by molar-refractivity contribution is -0.385. The molecule has 2 aliphatic heterocycles. The molecule has 3 aliphatic rings. The molecule has 196 valence electrons. The normalized spacial score (nSPS) is 25.0. The average molecular weight is 517 g/mol. The van der Waals surface area contributed by atoms with Gasteiger partial charge in [-0.1, -0.05) is 27.7 Å². The van der Waals surface area contributed by atoms with Crippen LogP contribution in [0.15, 0.2) is 59.9 Å². The van der Waals surface area contributed by atoms with Gasteiger partial charge in [0.05, 0.1) is 21.7 Å². The molecule has 0 atom stereocenters. The molecule has 38 heavy (non-hydrogen) atoms. The molecule has 10 heteroatoms. The lowest BCUT2D eigenvalue weighted by Gasteiger charge is -2.33. The van der Waals surface area contributed by atoms with Gasteiger partial charge in [0, 0.05) is 72.0 Å². The van der Waals surface area contributed by atoms with Crippen molar-refractivity contribution in [2.75, 3.05) is 23.9 Å². The Balaban J connectivity index is 1.44. The summed E-state index contributed by atoms with van der Waals surface area (Å²) in [6.07, 6.45) is 3.38. The van der Waals surface area contributed by atoms with E-state index in [1.54, 1.807) is 36.4 Å². The van der Waals surface area contributed by atoms with Gasteiger partial charge in [-0.25, -0.2) is 0 Å². The number of anilines is 2. The molecular formula is C28H28N4O6. The number of non-ortho nitro benzene ring substituents is 2. The molecule has 2 aromatic rings. The fourth-order valence-corrected chi connectivity index (χ4v) is 6.09. The second kappa shape index (κ2) is 8.08. The Hall–Kier alpha value is -4.34. The van der Waals surface area contributed by atoms with Crippen LogP contribution < -0.4 is 9.80 Å². The number of Topliss-reactive ketones (excluding diaryl/α,β-unsaturated/α-hetero) is 2. The smallest absolute Gasteiger partial charge is 0.269 e. The summed E-state index contributed by atoms with van der Waals surface area (Å²) in [4.78, 5) is 52.1. The number of carbonyl (C=O) groups is 2. The van der Waals surface area contributed by atoms with Crippen molar-refractivity contribution in [2.45, 2.75) is 38.5 Å². The number of fused-ring (bicyclic) bond motifs is 2. The summed E-state index contributed by atoms with van der Waals surface area (Å²) in [7, 11) is 3.65. The maximum absolute atomic E-state index is 13.3. The third-order valence-corrected chi connectivity index (χ3v) is 8.33. The number of benzene rings is 2. The SMILES string of the molecule is CN1/C(=C/C2C(=O)C(/C=C3/N(C)c4ccc([N+](=O)[O-])cc4C3(C)C)C2=O)C(C)(C)c2cc([N+](=O)[O-])ccc21. The topological polar surface area (TPSA) is 127 Å². The van der Waals surface area contributed by atoms with E-state index in [-0.39, 0.29) is 22.9 Å². The van der Waals surface area contributed by atoms with Crippen LogP contribution in [0.5, 0.6) is 0 Å². The zero-order valence-electron chi connectivity index (χ0n) is 22.0. The first kappa shape index (κ1) is 25.3.